The van der Waals surface area contributed by atoms with Gasteiger partial charge in [0.1, 0.15) is 11.5 Å². The normalized spacial score (nSPS) is 20.0. The molecule has 4 rings (SSSR count). The van der Waals surface area contributed by atoms with E-state index in [1.165, 1.54) is 12.3 Å². The van der Waals surface area contributed by atoms with E-state index in [0.29, 0.717) is 12.4 Å². The molecule has 202 valence electrons. The summed E-state index contributed by atoms with van der Waals surface area (Å²) in [7, 11) is 0. The van der Waals surface area contributed by atoms with Gasteiger partial charge in [0, 0.05) is 35.4 Å². The van der Waals surface area contributed by atoms with Crippen LogP contribution in [0.25, 0.3) is 10.4 Å². The van der Waals surface area contributed by atoms with Crippen molar-refractivity contribution >= 4 is 29.0 Å². The number of halogens is 2. The van der Waals surface area contributed by atoms with E-state index >= 15 is 0 Å². The molecule has 0 bridgehead atoms. The fourth-order valence-electron chi connectivity index (χ4n) is 4.60. The lowest BCUT2D eigenvalue weighted by atomic mass is 9.78. The predicted octanol–water partition coefficient (Wildman–Crippen LogP) is 5.01. The maximum Gasteiger partial charge on any atom is 0.280 e. The number of hydrogen-bond acceptors (Lipinski definition) is 7. The van der Waals surface area contributed by atoms with E-state index < -0.39 is 29.9 Å². The van der Waals surface area contributed by atoms with Crippen LogP contribution < -0.4 is 10.6 Å². The van der Waals surface area contributed by atoms with Crippen molar-refractivity contribution in [2.45, 2.75) is 96.4 Å². The Kier molecular flexibility index (Phi) is 7.58. The Hall–Kier alpha value is -2.66. The second-order valence-corrected chi connectivity index (χ2v) is 12.0. The lowest BCUT2D eigenvalue weighted by Gasteiger charge is -2.39. The molecular weight excluding hydrogens is 500 g/mol. The minimum Gasteiger partial charge on any atom is -0.388 e. The highest BCUT2D eigenvalue weighted by Crippen LogP contribution is 2.40. The van der Waals surface area contributed by atoms with Gasteiger partial charge in [-0.15, -0.1) is 11.3 Å². The van der Waals surface area contributed by atoms with Crippen LogP contribution in [-0.2, 0) is 0 Å². The second-order valence-electron chi connectivity index (χ2n) is 11.0. The van der Waals surface area contributed by atoms with Crippen molar-refractivity contribution in [3.05, 3.63) is 28.5 Å². The first-order chi connectivity index (χ1) is 17.3. The van der Waals surface area contributed by atoms with E-state index in [9.17, 15) is 23.5 Å². The summed E-state index contributed by atoms with van der Waals surface area (Å²) in [4.78, 5) is 37.1. The van der Waals surface area contributed by atoms with Crippen molar-refractivity contribution in [1.29, 1.82) is 0 Å². The first-order valence-electron chi connectivity index (χ1n) is 12.7. The molecular formula is C26H35F2N5O3S. The maximum absolute atomic E-state index is 14.3. The molecule has 11 heteroatoms. The second kappa shape index (κ2) is 10.2. The molecule has 1 saturated heterocycles. The molecule has 2 aromatic rings. The van der Waals surface area contributed by atoms with Gasteiger partial charge in [-0.25, -0.2) is 18.7 Å². The summed E-state index contributed by atoms with van der Waals surface area (Å²) in [5.74, 6) is -0.629. The van der Waals surface area contributed by atoms with Gasteiger partial charge in [0.2, 0.25) is 0 Å². The minimum atomic E-state index is -2.82. The number of nitrogens with zero attached hydrogens (tertiary/aromatic N) is 3. The Morgan fingerprint density at radius 2 is 2.00 bits per heavy atom. The Labute approximate surface area is 219 Å². The molecule has 3 N–H and O–H groups in total. The third-order valence-electron chi connectivity index (χ3n) is 7.55. The molecule has 2 atom stereocenters. The van der Waals surface area contributed by atoms with Crippen LogP contribution in [0.15, 0.2) is 12.3 Å². The number of anilines is 1. The average Bonchev–Trinajstić information content (AvgIpc) is 3.43. The summed E-state index contributed by atoms with van der Waals surface area (Å²) in [5, 5.41) is 16.1. The Morgan fingerprint density at radius 1 is 1.30 bits per heavy atom. The monoisotopic (exact) mass is 535 g/mol. The number of likely N-dealkylation sites (tertiary alicyclic amines) is 1. The van der Waals surface area contributed by atoms with E-state index in [-0.39, 0.29) is 38.3 Å². The fraction of sp³-hybridized carbons (Fsp3) is 0.615. The van der Waals surface area contributed by atoms with Crippen molar-refractivity contribution in [2.75, 3.05) is 11.9 Å². The van der Waals surface area contributed by atoms with Gasteiger partial charge in [-0.1, -0.05) is 0 Å². The molecule has 0 radical (unpaired) electrons. The van der Waals surface area contributed by atoms with Crippen LogP contribution in [0.3, 0.4) is 0 Å². The van der Waals surface area contributed by atoms with E-state index in [1.807, 2.05) is 13.8 Å². The van der Waals surface area contributed by atoms with Crippen molar-refractivity contribution < 1.29 is 23.5 Å². The number of nitrogens with one attached hydrogen (secondary N) is 2. The van der Waals surface area contributed by atoms with Gasteiger partial charge in [-0.2, -0.15) is 0 Å². The number of thiazole rings is 1. The molecule has 2 aliphatic rings. The molecule has 1 aliphatic heterocycles. The zero-order chi connectivity index (χ0) is 27.1. The molecule has 37 heavy (non-hydrogen) atoms. The van der Waals surface area contributed by atoms with Crippen molar-refractivity contribution in [3.8, 4) is 10.4 Å². The van der Waals surface area contributed by atoms with Crippen molar-refractivity contribution in [1.82, 2.24) is 20.2 Å². The summed E-state index contributed by atoms with van der Waals surface area (Å²) < 4.78 is 28.6. The van der Waals surface area contributed by atoms with Gasteiger partial charge in [0.15, 0.2) is 5.01 Å². The van der Waals surface area contributed by atoms with E-state index in [0.717, 1.165) is 43.4 Å². The Balaban J connectivity index is 1.76. The summed E-state index contributed by atoms with van der Waals surface area (Å²) in [6.45, 7) is 9.28. The molecule has 0 spiro atoms. The first kappa shape index (κ1) is 27.4. The van der Waals surface area contributed by atoms with Gasteiger partial charge in [0.05, 0.1) is 16.5 Å². The van der Waals surface area contributed by atoms with Gasteiger partial charge in [0.25, 0.3) is 18.2 Å². The SMILES string of the molecule is CC1CCCN1C(=O)c1nc(C(=O)NC(C)C(C)(C)O)sc1-c1cnc(NC2(C)CCC2)cc1C(F)F. The van der Waals surface area contributed by atoms with Gasteiger partial charge in [-0.05, 0) is 72.8 Å². The summed E-state index contributed by atoms with van der Waals surface area (Å²) in [5.41, 5.74) is -1.58. The summed E-state index contributed by atoms with van der Waals surface area (Å²) in [6, 6.07) is 0.699. The largest absolute Gasteiger partial charge is 0.388 e. The Morgan fingerprint density at radius 3 is 2.54 bits per heavy atom. The highest BCUT2D eigenvalue weighted by Gasteiger charge is 2.35. The fourth-order valence-corrected chi connectivity index (χ4v) is 5.59. The number of alkyl halides is 2. The number of hydrogen-bond donors (Lipinski definition) is 3. The number of carbonyl (C=O) groups is 2. The summed E-state index contributed by atoms with van der Waals surface area (Å²) >= 11 is 0.882. The third-order valence-corrected chi connectivity index (χ3v) is 8.64. The molecule has 2 amide bonds. The highest BCUT2D eigenvalue weighted by molar-refractivity contribution is 7.17. The lowest BCUT2D eigenvalue weighted by molar-refractivity contribution is 0.0408. The highest BCUT2D eigenvalue weighted by atomic mass is 32.1. The van der Waals surface area contributed by atoms with Crippen molar-refractivity contribution in [2.24, 2.45) is 0 Å². The average molecular weight is 536 g/mol. The molecule has 1 aliphatic carbocycles. The molecule has 0 aromatic carbocycles. The van der Waals surface area contributed by atoms with E-state index in [4.69, 9.17) is 0 Å². The van der Waals surface area contributed by atoms with Crippen LogP contribution in [0.4, 0.5) is 14.6 Å². The van der Waals surface area contributed by atoms with Crippen LogP contribution in [-0.4, -0.2) is 61.6 Å². The van der Waals surface area contributed by atoms with Crippen LogP contribution in [0, 0.1) is 0 Å². The number of amides is 2. The van der Waals surface area contributed by atoms with E-state index in [2.05, 4.69) is 20.6 Å². The molecule has 2 aromatic heterocycles. The number of pyridine rings is 1. The van der Waals surface area contributed by atoms with Gasteiger partial charge in [-0.3, -0.25) is 9.59 Å². The topological polar surface area (TPSA) is 107 Å². The molecule has 8 nitrogen and oxygen atoms in total. The molecule has 3 heterocycles. The zero-order valence-corrected chi connectivity index (χ0v) is 22.7. The lowest BCUT2D eigenvalue weighted by Crippen LogP contribution is -2.47. The molecule has 2 unspecified atom stereocenters. The smallest absolute Gasteiger partial charge is 0.280 e. The van der Waals surface area contributed by atoms with Gasteiger partial charge < -0.3 is 20.6 Å². The van der Waals surface area contributed by atoms with Gasteiger partial charge >= 0.3 is 0 Å². The predicted molar refractivity (Wildman–Crippen MR) is 139 cm³/mol. The van der Waals surface area contributed by atoms with Crippen LogP contribution in [0.1, 0.15) is 99.0 Å². The molecule has 1 saturated carbocycles. The number of carbonyl (C=O) groups excluding carboxylic acids is 2. The summed E-state index contributed by atoms with van der Waals surface area (Å²) in [6.07, 6.45) is 3.13. The van der Waals surface area contributed by atoms with E-state index in [1.54, 1.807) is 25.7 Å². The molecule has 2 fully saturated rings. The minimum absolute atomic E-state index is 0.0166. The number of aliphatic hydroxyl groups is 1. The van der Waals surface area contributed by atoms with Crippen LogP contribution >= 0.6 is 11.3 Å². The zero-order valence-electron chi connectivity index (χ0n) is 21.9. The number of aromatic nitrogens is 2. The van der Waals surface area contributed by atoms with Crippen molar-refractivity contribution in [3.63, 3.8) is 0 Å². The Bertz CT molecular complexity index is 1180. The quantitative estimate of drug-likeness (QED) is 0.439. The van der Waals surface area contributed by atoms with Crippen LogP contribution in [0.5, 0.6) is 0 Å². The first-order valence-corrected chi connectivity index (χ1v) is 13.5. The third kappa shape index (κ3) is 5.77. The maximum atomic E-state index is 14.3. The standard InChI is InChI=1S/C26H35F2N5O3S/c1-14-8-6-11-33(14)24(35)19-20(37-23(31-19)22(34)30-15(2)25(3,4)36)17-13-29-18(12-16(17)21(27)28)32-26(5)9-7-10-26/h12-15,21,36H,6-11H2,1-5H3,(H,29,32)(H,30,34). The number of rotatable bonds is 8. The van der Waals surface area contributed by atoms with Crippen LogP contribution in [0.2, 0.25) is 0 Å².